The summed E-state index contributed by atoms with van der Waals surface area (Å²) in [5, 5.41) is 3.26. The van der Waals surface area contributed by atoms with E-state index in [0.717, 1.165) is 12.8 Å². The van der Waals surface area contributed by atoms with Gasteiger partial charge in [0.2, 0.25) is 11.8 Å². The molecule has 2 atom stereocenters. The number of nitrogens with one attached hydrogen (secondary N) is 1. The van der Waals surface area contributed by atoms with Crippen LogP contribution in [0.4, 0.5) is 0 Å². The summed E-state index contributed by atoms with van der Waals surface area (Å²) in [5.41, 5.74) is 0. The Morgan fingerprint density at radius 1 is 1.25 bits per heavy atom. The fourth-order valence-electron chi connectivity index (χ4n) is 2.01. The molecule has 0 aromatic heterocycles. The van der Waals surface area contributed by atoms with Gasteiger partial charge in [-0.3, -0.25) is 14.5 Å². The molecule has 1 aliphatic heterocycles. The van der Waals surface area contributed by atoms with Crippen LogP contribution in [0.25, 0.3) is 0 Å². The van der Waals surface area contributed by atoms with Crippen LogP contribution >= 0.6 is 0 Å². The zero-order valence-electron chi connectivity index (χ0n) is 10.2. The Hall–Kier alpha value is -0.900. The molecule has 0 bridgehead atoms. The number of nitrogens with zero attached hydrogens (tertiary/aromatic N) is 1. The van der Waals surface area contributed by atoms with Crippen molar-refractivity contribution in [2.75, 3.05) is 0 Å². The predicted octanol–water partition coefficient (Wildman–Crippen LogP) is 0.910. The van der Waals surface area contributed by atoms with Crippen LogP contribution in [0.5, 0.6) is 0 Å². The molecule has 1 saturated heterocycles. The van der Waals surface area contributed by atoms with Crippen LogP contribution in [0, 0.1) is 5.92 Å². The van der Waals surface area contributed by atoms with E-state index in [-0.39, 0.29) is 29.9 Å². The van der Waals surface area contributed by atoms with E-state index in [4.69, 9.17) is 0 Å². The number of amides is 2. The highest BCUT2D eigenvalue weighted by Crippen LogP contribution is 2.31. The van der Waals surface area contributed by atoms with Gasteiger partial charge in [0.05, 0.1) is 12.5 Å². The highest BCUT2D eigenvalue weighted by atomic mass is 16.2. The molecule has 0 radical (unpaired) electrons. The Morgan fingerprint density at radius 2 is 1.88 bits per heavy atom. The fraction of sp³-hybridized carbons (Fsp3) is 0.833. The molecule has 1 saturated carbocycles. The van der Waals surface area contributed by atoms with Crippen molar-refractivity contribution in [3.63, 3.8) is 0 Å². The lowest BCUT2D eigenvalue weighted by molar-refractivity contribution is -0.139. The number of likely N-dealkylation sites (tertiary alicyclic amines) is 1. The van der Waals surface area contributed by atoms with Gasteiger partial charge in [-0.2, -0.15) is 0 Å². The van der Waals surface area contributed by atoms with Gasteiger partial charge in [0.1, 0.15) is 0 Å². The number of carbonyl (C=O) groups is 2. The summed E-state index contributed by atoms with van der Waals surface area (Å²) in [6.07, 6.45) is 2.32. The van der Waals surface area contributed by atoms with Gasteiger partial charge in [0.15, 0.2) is 0 Å². The SMILES string of the molecule is CC(C)C(C)NC1CC(=O)N(C2CC2)C1=O. The van der Waals surface area contributed by atoms with Gasteiger partial charge in [-0.15, -0.1) is 0 Å². The lowest BCUT2D eigenvalue weighted by Crippen LogP contribution is -2.45. The molecule has 90 valence electrons. The molecule has 2 amide bonds. The van der Waals surface area contributed by atoms with E-state index in [0.29, 0.717) is 12.3 Å². The largest absolute Gasteiger partial charge is 0.303 e. The number of hydrogen-bond donors (Lipinski definition) is 1. The van der Waals surface area contributed by atoms with E-state index >= 15 is 0 Å². The summed E-state index contributed by atoms with van der Waals surface area (Å²) in [7, 11) is 0. The first kappa shape index (κ1) is 11.6. The number of hydrogen-bond acceptors (Lipinski definition) is 3. The summed E-state index contributed by atoms with van der Waals surface area (Å²) in [4.78, 5) is 25.2. The first-order valence-corrected chi connectivity index (χ1v) is 6.12. The zero-order valence-corrected chi connectivity index (χ0v) is 10.2. The number of rotatable bonds is 4. The van der Waals surface area contributed by atoms with Crippen LogP contribution in [-0.4, -0.2) is 34.8 Å². The van der Waals surface area contributed by atoms with Crippen molar-refractivity contribution in [1.29, 1.82) is 0 Å². The van der Waals surface area contributed by atoms with Crippen LogP contribution in [-0.2, 0) is 9.59 Å². The molecular weight excluding hydrogens is 204 g/mol. The number of carbonyl (C=O) groups excluding carboxylic acids is 2. The topological polar surface area (TPSA) is 49.4 Å². The van der Waals surface area contributed by atoms with Gasteiger partial charge < -0.3 is 5.32 Å². The molecule has 16 heavy (non-hydrogen) atoms. The highest BCUT2D eigenvalue weighted by molar-refractivity contribution is 6.06. The van der Waals surface area contributed by atoms with Crippen LogP contribution < -0.4 is 5.32 Å². The lowest BCUT2D eigenvalue weighted by Gasteiger charge is -2.21. The quantitative estimate of drug-likeness (QED) is 0.722. The van der Waals surface area contributed by atoms with Crippen molar-refractivity contribution in [2.24, 2.45) is 5.92 Å². The minimum atomic E-state index is -0.287. The normalized spacial score (nSPS) is 28.0. The van der Waals surface area contributed by atoms with E-state index in [1.165, 1.54) is 4.90 Å². The van der Waals surface area contributed by atoms with Crippen molar-refractivity contribution in [2.45, 2.75) is 58.2 Å². The summed E-state index contributed by atoms with van der Waals surface area (Å²) < 4.78 is 0. The highest BCUT2D eigenvalue weighted by Gasteiger charge is 2.46. The molecule has 0 aromatic rings. The Kier molecular flexibility index (Phi) is 3.02. The second-order valence-electron chi connectivity index (χ2n) is 5.29. The Labute approximate surface area is 96.4 Å². The molecule has 2 rings (SSSR count). The molecule has 0 spiro atoms. The molecule has 2 fully saturated rings. The summed E-state index contributed by atoms with van der Waals surface area (Å²) in [6, 6.07) is 0.188. The van der Waals surface area contributed by atoms with Crippen molar-refractivity contribution < 1.29 is 9.59 Å². The average molecular weight is 224 g/mol. The third-order valence-electron chi connectivity index (χ3n) is 3.56. The number of imide groups is 1. The van der Waals surface area contributed by atoms with E-state index in [2.05, 4.69) is 26.1 Å². The monoisotopic (exact) mass is 224 g/mol. The van der Waals surface area contributed by atoms with Crippen molar-refractivity contribution in [3.8, 4) is 0 Å². The summed E-state index contributed by atoms with van der Waals surface area (Å²) in [6.45, 7) is 6.28. The molecule has 1 aliphatic carbocycles. The van der Waals surface area contributed by atoms with Crippen LogP contribution in [0.1, 0.15) is 40.0 Å². The Bertz CT molecular complexity index is 310. The molecule has 1 N–H and O–H groups in total. The average Bonchev–Trinajstić information content (AvgIpc) is 2.97. The van der Waals surface area contributed by atoms with Crippen molar-refractivity contribution in [1.82, 2.24) is 10.2 Å². The van der Waals surface area contributed by atoms with E-state index < -0.39 is 0 Å². The molecule has 4 nitrogen and oxygen atoms in total. The second-order valence-corrected chi connectivity index (χ2v) is 5.29. The minimum absolute atomic E-state index is 0.000885. The summed E-state index contributed by atoms with van der Waals surface area (Å²) in [5.74, 6) is 0.457. The maximum Gasteiger partial charge on any atom is 0.247 e. The Morgan fingerprint density at radius 3 is 2.38 bits per heavy atom. The maximum absolute atomic E-state index is 12.0. The van der Waals surface area contributed by atoms with Gasteiger partial charge in [-0.1, -0.05) is 13.8 Å². The van der Waals surface area contributed by atoms with Crippen LogP contribution in [0.15, 0.2) is 0 Å². The molecular formula is C12H20N2O2. The third kappa shape index (κ3) is 2.12. The van der Waals surface area contributed by atoms with Gasteiger partial charge in [-0.05, 0) is 25.7 Å². The van der Waals surface area contributed by atoms with Gasteiger partial charge in [-0.25, -0.2) is 0 Å². The maximum atomic E-state index is 12.0. The van der Waals surface area contributed by atoms with Crippen LogP contribution in [0.3, 0.4) is 0 Å². The predicted molar refractivity (Wildman–Crippen MR) is 60.7 cm³/mol. The van der Waals surface area contributed by atoms with Gasteiger partial charge in [0, 0.05) is 12.1 Å². The molecule has 0 aromatic carbocycles. The van der Waals surface area contributed by atoms with E-state index in [1.807, 2.05) is 0 Å². The van der Waals surface area contributed by atoms with Gasteiger partial charge >= 0.3 is 0 Å². The van der Waals surface area contributed by atoms with Crippen molar-refractivity contribution in [3.05, 3.63) is 0 Å². The smallest absolute Gasteiger partial charge is 0.247 e. The standard InChI is InChI=1S/C12H20N2O2/c1-7(2)8(3)13-10-6-11(15)14(12(10)16)9-4-5-9/h7-10,13H,4-6H2,1-3H3. The first-order chi connectivity index (χ1) is 7.50. The van der Waals surface area contributed by atoms with Crippen LogP contribution in [0.2, 0.25) is 0 Å². The second kappa shape index (κ2) is 4.17. The minimum Gasteiger partial charge on any atom is -0.303 e. The van der Waals surface area contributed by atoms with E-state index in [9.17, 15) is 9.59 Å². The summed E-state index contributed by atoms with van der Waals surface area (Å²) >= 11 is 0. The lowest BCUT2D eigenvalue weighted by atomic mass is 10.1. The zero-order chi connectivity index (χ0) is 11.9. The Balaban J connectivity index is 1.97. The first-order valence-electron chi connectivity index (χ1n) is 6.12. The molecule has 1 heterocycles. The third-order valence-corrected chi connectivity index (χ3v) is 3.56. The molecule has 2 unspecified atom stereocenters. The fourth-order valence-corrected chi connectivity index (χ4v) is 2.01. The molecule has 2 aliphatic rings. The van der Waals surface area contributed by atoms with Crippen molar-refractivity contribution >= 4 is 11.8 Å². The van der Waals surface area contributed by atoms with Gasteiger partial charge in [0.25, 0.3) is 0 Å². The van der Waals surface area contributed by atoms with E-state index in [1.54, 1.807) is 0 Å². The molecule has 4 heteroatoms.